The highest BCUT2D eigenvalue weighted by Crippen LogP contribution is 2.35. The van der Waals surface area contributed by atoms with Gasteiger partial charge < -0.3 is 15.2 Å². The number of halogens is 2. The van der Waals surface area contributed by atoms with Gasteiger partial charge in [-0.15, -0.1) is 0 Å². The lowest BCUT2D eigenvalue weighted by atomic mass is 10.1. The molecule has 1 aliphatic rings. The Bertz CT molecular complexity index is 1340. The van der Waals surface area contributed by atoms with E-state index in [2.05, 4.69) is 25.6 Å². The summed E-state index contributed by atoms with van der Waals surface area (Å²) in [5, 5.41) is 18.7. The molecule has 0 spiro atoms. The molecule has 5 rings (SSSR count). The first-order chi connectivity index (χ1) is 15.5. The number of nitro benzene ring substituents is 1. The Morgan fingerprint density at radius 2 is 2.16 bits per heavy atom. The van der Waals surface area contributed by atoms with Gasteiger partial charge in [-0.25, -0.2) is 14.4 Å². The second kappa shape index (κ2) is 8.06. The summed E-state index contributed by atoms with van der Waals surface area (Å²) in [4.78, 5) is 24.7. The molecule has 32 heavy (non-hydrogen) atoms. The minimum absolute atomic E-state index is 0.0139. The van der Waals surface area contributed by atoms with Crippen LogP contribution in [0, 0.1) is 15.9 Å². The molecule has 11 heteroatoms. The third kappa shape index (κ3) is 3.59. The highest BCUT2D eigenvalue weighted by atomic mass is 35.5. The van der Waals surface area contributed by atoms with Crippen LogP contribution in [0.4, 0.5) is 27.4 Å². The zero-order valence-corrected chi connectivity index (χ0v) is 17.4. The van der Waals surface area contributed by atoms with Gasteiger partial charge in [0.15, 0.2) is 0 Å². The predicted molar refractivity (Wildman–Crippen MR) is 121 cm³/mol. The predicted octanol–water partition coefficient (Wildman–Crippen LogP) is 4.44. The van der Waals surface area contributed by atoms with Crippen LogP contribution in [0.5, 0.6) is 0 Å². The molecule has 0 atom stereocenters. The Balaban J connectivity index is 1.49. The molecule has 0 radical (unpaired) electrons. The van der Waals surface area contributed by atoms with Gasteiger partial charge in [-0.1, -0.05) is 23.7 Å². The van der Waals surface area contributed by atoms with Crippen LogP contribution in [0.15, 0.2) is 48.8 Å². The van der Waals surface area contributed by atoms with E-state index in [1.807, 2.05) is 4.90 Å². The molecular formula is C21H17ClFN7O2. The van der Waals surface area contributed by atoms with E-state index in [4.69, 9.17) is 11.6 Å². The Labute approximate surface area is 186 Å². The molecule has 9 nitrogen and oxygen atoms in total. The summed E-state index contributed by atoms with van der Waals surface area (Å²) in [5.41, 5.74) is 2.39. The molecule has 4 aromatic rings. The Hall–Kier alpha value is -3.76. The molecule has 0 amide bonds. The summed E-state index contributed by atoms with van der Waals surface area (Å²) in [6.07, 6.45) is 3.07. The first-order valence-corrected chi connectivity index (χ1v) is 10.2. The largest absolute Gasteiger partial charge is 0.358 e. The van der Waals surface area contributed by atoms with Gasteiger partial charge in [-0.05, 0) is 18.2 Å². The minimum Gasteiger partial charge on any atom is -0.358 e. The summed E-state index contributed by atoms with van der Waals surface area (Å²) < 4.78 is 14.1. The molecular weight excluding hydrogens is 437 g/mol. The molecule has 0 bridgehead atoms. The van der Waals surface area contributed by atoms with Crippen molar-refractivity contribution in [2.75, 3.05) is 30.0 Å². The lowest BCUT2D eigenvalue weighted by Crippen LogP contribution is -2.22. The number of hydrogen-bond donors (Lipinski definition) is 3. The number of H-pyrrole nitrogens is 1. The van der Waals surface area contributed by atoms with Crippen molar-refractivity contribution in [2.45, 2.75) is 0 Å². The van der Waals surface area contributed by atoms with Gasteiger partial charge in [0.1, 0.15) is 11.5 Å². The van der Waals surface area contributed by atoms with Crippen LogP contribution >= 0.6 is 11.6 Å². The highest BCUT2D eigenvalue weighted by molar-refractivity contribution is 6.33. The van der Waals surface area contributed by atoms with E-state index in [1.54, 1.807) is 30.5 Å². The van der Waals surface area contributed by atoms with Crippen LogP contribution in [-0.2, 0) is 0 Å². The van der Waals surface area contributed by atoms with Crippen molar-refractivity contribution in [2.24, 2.45) is 0 Å². The number of nitro groups is 1. The lowest BCUT2D eigenvalue weighted by molar-refractivity contribution is -0.384. The maximum Gasteiger partial charge on any atom is 0.294 e. The van der Waals surface area contributed by atoms with E-state index in [-0.39, 0.29) is 17.5 Å². The number of anilines is 3. The first-order valence-electron chi connectivity index (χ1n) is 9.81. The van der Waals surface area contributed by atoms with Crippen LogP contribution in [0.25, 0.3) is 22.2 Å². The smallest absolute Gasteiger partial charge is 0.294 e. The van der Waals surface area contributed by atoms with Crippen molar-refractivity contribution in [1.82, 2.24) is 20.3 Å². The van der Waals surface area contributed by atoms with Crippen LogP contribution in [0.3, 0.4) is 0 Å². The van der Waals surface area contributed by atoms with Crippen LogP contribution in [0.2, 0.25) is 5.02 Å². The first kappa shape index (κ1) is 20.2. The van der Waals surface area contributed by atoms with Crippen molar-refractivity contribution in [3.8, 4) is 11.3 Å². The van der Waals surface area contributed by atoms with Gasteiger partial charge in [-0.2, -0.15) is 0 Å². The Morgan fingerprint density at radius 3 is 2.94 bits per heavy atom. The number of aromatic amines is 1. The number of benzene rings is 2. The number of aromatic nitrogens is 3. The zero-order valence-electron chi connectivity index (χ0n) is 16.6. The molecule has 1 fully saturated rings. The molecule has 162 valence electrons. The van der Waals surface area contributed by atoms with Gasteiger partial charge in [0.05, 0.1) is 34.0 Å². The van der Waals surface area contributed by atoms with E-state index in [9.17, 15) is 14.5 Å². The molecule has 3 N–H and O–H groups in total. The van der Waals surface area contributed by atoms with Crippen molar-refractivity contribution in [1.29, 1.82) is 0 Å². The van der Waals surface area contributed by atoms with E-state index in [0.29, 0.717) is 51.8 Å². The summed E-state index contributed by atoms with van der Waals surface area (Å²) >= 11 is 6.33. The average molecular weight is 454 g/mol. The molecule has 2 aromatic heterocycles. The second-order valence-corrected chi connectivity index (χ2v) is 7.67. The monoisotopic (exact) mass is 453 g/mol. The Morgan fingerprint density at radius 1 is 1.28 bits per heavy atom. The van der Waals surface area contributed by atoms with Crippen LogP contribution in [-0.4, -0.2) is 39.6 Å². The third-order valence-electron chi connectivity index (χ3n) is 5.29. The average Bonchev–Trinajstić information content (AvgIpc) is 3.46. The van der Waals surface area contributed by atoms with E-state index in [0.717, 1.165) is 6.54 Å². The van der Waals surface area contributed by atoms with Crippen molar-refractivity contribution in [3.05, 3.63) is 69.7 Å². The molecule has 3 heterocycles. The maximum absolute atomic E-state index is 14.1. The van der Waals surface area contributed by atoms with E-state index >= 15 is 0 Å². The summed E-state index contributed by atoms with van der Waals surface area (Å²) in [7, 11) is 0. The lowest BCUT2D eigenvalue weighted by Gasteiger charge is -2.17. The third-order valence-corrected chi connectivity index (χ3v) is 5.57. The summed E-state index contributed by atoms with van der Waals surface area (Å²) in [5.74, 6) is -0.169. The number of fused-ring (bicyclic) bond motifs is 1. The van der Waals surface area contributed by atoms with E-state index < -0.39 is 4.92 Å². The fourth-order valence-corrected chi connectivity index (χ4v) is 3.98. The SMILES string of the molecule is O=[N+]([O-])c1cc(Nc2ncc(Cl)c(-c3c[nH]c4c(F)cccc34)n2)ccc1N1CCNC1. The van der Waals surface area contributed by atoms with E-state index in [1.165, 1.54) is 18.3 Å². The maximum atomic E-state index is 14.1. The number of nitrogens with one attached hydrogen (secondary N) is 3. The molecule has 0 saturated carbocycles. The zero-order chi connectivity index (χ0) is 22.2. The highest BCUT2D eigenvalue weighted by Gasteiger charge is 2.23. The van der Waals surface area contributed by atoms with Crippen molar-refractivity contribution < 1.29 is 9.31 Å². The Kier molecular flexibility index (Phi) is 5.08. The summed E-state index contributed by atoms with van der Waals surface area (Å²) in [6, 6.07) is 9.63. The van der Waals surface area contributed by atoms with Crippen molar-refractivity contribution >= 4 is 45.5 Å². The molecule has 0 aliphatic carbocycles. The normalized spacial score (nSPS) is 13.6. The fourth-order valence-electron chi connectivity index (χ4n) is 3.79. The van der Waals surface area contributed by atoms with Crippen molar-refractivity contribution in [3.63, 3.8) is 0 Å². The number of nitrogens with zero attached hydrogens (tertiary/aromatic N) is 4. The number of hydrogen-bond acceptors (Lipinski definition) is 7. The molecule has 2 aromatic carbocycles. The summed E-state index contributed by atoms with van der Waals surface area (Å²) in [6.45, 7) is 2.03. The quantitative estimate of drug-likeness (QED) is 0.302. The van der Waals surface area contributed by atoms with Gasteiger partial charge in [-0.3, -0.25) is 15.4 Å². The second-order valence-electron chi connectivity index (χ2n) is 7.26. The molecule has 1 saturated heterocycles. The standard InChI is InChI=1S/C21H17ClFN7O2/c22-15-10-26-21(28-19(15)14-9-25-20-13(14)2-1-3-16(20)23)27-12-4-5-17(18(8-12)30(31)32)29-7-6-24-11-29/h1-5,8-10,24-25H,6-7,11H2,(H,26,27,28). The number of rotatable bonds is 5. The molecule has 0 unspecified atom stereocenters. The van der Waals surface area contributed by atoms with Gasteiger partial charge in [0.25, 0.3) is 5.69 Å². The minimum atomic E-state index is -0.409. The van der Waals surface area contributed by atoms with Crippen LogP contribution < -0.4 is 15.5 Å². The van der Waals surface area contributed by atoms with Crippen LogP contribution in [0.1, 0.15) is 0 Å². The van der Waals surface area contributed by atoms with Gasteiger partial charge in [0, 0.05) is 42.0 Å². The van der Waals surface area contributed by atoms with Gasteiger partial charge in [0.2, 0.25) is 5.95 Å². The van der Waals surface area contributed by atoms with Gasteiger partial charge >= 0.3 is 0 Å². The number of para-hydroxylation sites is 1. The topological polar surface area (TPSA) is 112 Å². The fraction of sp³-hybridized carbons (Fsp3) is 0.143. The molecule has 1 aliphatic heterocycles.